The molecule has 0 bridgehead atoms. The standard InChI is InChI=1S/C21H18BrFN4O3S/c22-12-5-7-17-14(11-12)19(13-3-1-2-4-15(13)23)24-16(6-8-18(29)30)20-25-26-21(27(17)20)31-10-9-28/h1-5,7,11,16,28H,6,8-10H2,(H,29,30)/t16-/m0/s1. The molecule has 160 valence electrons. The van der Waals surface area contributed by atoms with Crippen molar-refractivity contribution in [3.05, 3.63) is 69.7 Å². The number of thioether (sulfide) groups is 1. The number of carbonyl (C=O) groups is 1. The van der Waals surface area contributed by atoms with E-state index in [-0.39, 0.29) is 19.4 Å². The normalized spacial score (nSPS) is 15.1. The van der Waals surface area contributed by atoms with E-state index in [2.05, 4.69) is 26.1 Å². The van der Waals surface area contributed by atoms with Crippen molar-refractivity contribution in [1.82, 2.24) is 14.8 Å². The predicted octanol–water partition coefficient (Wildman–Crippen LogP) is 4.01. The highest BCUT2D eigenvalue weighted by molar-refractivity contribution is 9.10. The number of aromatic nitrogens is 3. The summed E-state index contributed by atoms with van der Waals surface area (Å²) in [5.41, 5.74) is 2.13. The third kappa shape index (κ3) is 4.41. The number of aliphatic carboxylic acids is 1. The Morgan fingerprint density at radius 2 is 2.00 bits per heavy atom. The smallest absolute Gasteiger partial charge is 0.303 e. The lowest BCUT2D eigenvalue weighted by Crippen LogP contribution is -2.10. The summed E-state index contributed by atoms with van der Waals surface area (Å²) >= 11 is 4.82. The molecule has 1 aromatic heterocycles. The van der Waals surface area contributed by atoms with Crippen LogP contribution in [0.1, 0.15) is 35.8 Å². The maximum absolute atomic E-state index is 14.8. The maximum atomic E-state index is 14.8. The number of aliphatic hydroxyl groups excluding tert-OH is 1. The van der Waals surface area contributed by atoms with Gasteiger partial charge in [0.25, 0.3) is 0 Å². The molecule has 7 nitrogen and oxygen atoms in total. The largest absolute Gasteiger partial charge is 0.481 e. The zero-order valence-corrected chi connectivity index (χ0v) is 18.6. The van der Waals surface area contributed by atoms with E-state index < -0.39 is 17.8 Å². The summed E-state index contributed by atoms with van der Waals surface area (Å²) in [7, 11) is 0. The number of hydrogen-bond donors (Lipinski definition) is 2. The van der Waals surface area contributed by atoms with Crippen LogP contribution in [-0.2, 0) is 4.79 Å². The molecule has 1 aliphatic heterocycles. The minimum absolute atomic E-state index is 0.0283. The summed E-state index contributed by atoms with van der Waals surface area (Å²) in [6, 6.07) is 11.3. The lowest BCUT2D eigenvalue weighted by atomic mass is 10.00. The molecular weight excluding hydrogens is 487 g/mol. The zero-order valence-electron chi connectivity index (χ0n) is 16.2. The Morgan fingerprint density at radius 3 is 2.74 bits per heavy atom. The van der Waals surface area contributed by atoms with Crippen molar-refractivity contribution in [3.63, 3.8) is 0 Å². The van der Waals surface area contributed by atoms with Crippen molar-refractivity contribution < 1.29 is 19.4 Å². The van der Waals surface area contributed by atoms with Gasteiger partial charge in [-0.2, -0.15) is 0 Å². The first-order valence-electron chi connectivity index (χ1n) is 9.53. The molecule has 3 aromatic rings. The van der Waals surface area contributed by atoms with Gasteiger partial charge in [0.2, 0.25) is 0 Å². The van der Waals surface area contributed by atoms with Crippen LogP contribution in [0.5, 0.6) is 0 Å². The molecule has 4 rings (SSSR count). The van der Waals surface area contributed by atoms with Gasteiger partial charge in [0.15, 0.2) is 11.0 Å². The third-order valence-corrected chi connectivity index (χ3v) is 6.18. The average Bonchev–Trinajstić information content (AvgIpc) is 3.11. The number of fused-ring (bicyclic) bond motifs is 3. The SMILES string of the molecule is O=C(O)CC[C@@H]1N=C(c2ccccc2F)c2cc(Br)ccc2-n2c(SCCO)nnc21. The van der Waals surface area contributed by atoms with Gasteiger partial charge in [-0.15, -0.1) is 10.2 Å². The number of rotatable bonds is 7. The second kappa shape index (κ2) is 9.29. The second-order valence-corrected chi connectivity index (χ2v) is 8.79. The van der Waals surface area contributed by atoms with E-state index in [0.29, 0.717) is 39.3 Å². The molecule has 2 heterocycles. The fourth-order valence-corrected chi connectivity index (χ4v) is 4.51. The molecule has 2 N–H and O–H groups in total. The zero-order chi connectivity index (χ0) is 22.0. The average molecular weight is 505 g/mol. The molecule has 2 aromatic carbocycles. The van der Waals surface area contributed by atoms with E-state index in [1.165, 1.54) is 17.8 Å². The highest BCUT2D eigenvalue weighted by Gasteiger charge is 2.30. The first-order valence-corrected chi connectivity index (χ1v) is 11.3. The number of hydrogen-bond acceptors (Lipinski definition) is 6. The van der Waals surface area contributed by atoms with Crippen LogP contribution in [0.25, 0.3) is 5.69 Å². The van der Waals surface area contributed by atoms with Crippen LogP contribution in [0.15, 0.2) is 57.1 Å². The van der Waals surface area contributed by atoms with E-state index in [1.807, 2.05) is 22.8 Å². The number of nitrogens with zero attached hydrogens (tertiary/aromatic N) is 4. The van der Waals surface area contributed by atoms with Crippen LogP contribution < -0.4 is 0 Å². The monoisotopic (exact) mass is 504 g/mol. The molecule has 0 radical (unpaired) electrons. The van der Waals surface area contributed by atoms with E-state index in [4.69, 9.17) is 4.99 Å². The Morgan fingerprint density at radius 1 is 1.19 bits per heavy atom. The Kier molecular flexibility index (Phi) is 6.49. The van der Waals surface area contributed by atoms with E-state index in [0.717, 1.165) is 4.47 Å². The molecule has 0 amide bonds. The molecule has 0 unspecified atom stereocenters. The van der Waals surface area contributed by atoms with Crippen molar-refractivity contribution in [2.75, 3.05) is 12.4 Å². The van der Waals surface area contributed by atoms with Crippen LogP contribution in [0.3, 0.4) is 0 Å². The van der Waals surface area contributed by atoms with Crippen molar-refractivity contribution in [2.24, 2.45) is 4.99 Å². The Bertz CT molecular complexity index is 1170. The van der Waals surface area contributed by atoms with Gasteiger partial charge in [-0.05, 0) is 36.8 Å². The lowest BCUT2D eigenvalue weighted by Gasteiger charge is -2.14. The van der Waals surface area contributed by atoms with E-state index in [9.17, 15) is 19.4 Å². The summed E-state index contributed by atoms with van der Waals surface area (Å²) in [6.07, 6.45) is 0.0655. The Hall–Kier alpha value is -2.56. The fourth-order valence-electron chi connectivity index (χ4n) is 3.45. The number of carboxylic acids is 1. The van der Waals surface area contributed by atoms with Gasteiger partial charge in [0.1, 0.15) is 11.9 Å². The van der Waals surface area contributed by atoms with Crippen molar-refractivity contribution in [2.45, 2.75) is 24.0 Å². The van der Waals surface area contributed by atoms with Gasteiger partial charge >= 0.3 is 5.97 Å². The highest BCUT2D eigenvalue weighted by Crippen LogP contribution is 2.36. The topological polar surface area (TPSA) is 101 Å². The first kappa shape index (κ1) is 21.7. The number of carboxylic acid groups (broad SMARTS) is 1. The number of aliphatic imine (C=N–C) groups is 1. The molecule has 10 heteroatoms. The molecule has 0 saturated heterocycles. The predicted molar refractivity (Wildman–Crippen MR) is 119 cm³/mol. The van der Waals surface area contributed by atoms with E-state index in [1.54, 1.807) is 18.2 Å². The van der Waals surface area contributed by atoms with Gasteiger partial charge < -0.3 is 10.2 Å². The summed E-state index contributed by atoms with van der Waals surface area (Å²) in [4.78, 5) is 16.1. The first-order chi connectivity index (χ1) is 15.0. The van der Waals surface area contributed by atoms with Crippen LogP contribution in [0.2, 0.25) is 0 Å². The quantitative estimate of drug-likeness (QED) is 0.471. The van der Waals surface area contributed by atoms with Crippen molar-refractivity contribution in [3.8, 4) is 5.69 Å². The van der Waals surface area contributed by atoms with Crippen molar-refractivity contribution in [1.29, 1.82) is 0 Å². The van der Waals surface area contributed by atoms with Gasteiger partial charge in [0.05, 0.1) is 18.0 Å². The summed E-state index contributed by atoms with van der Waals surface area (Å²) < 4.78 is 17.4. The minimum Gasteiger partial charge on any atom is -0.481 e. The van der Waals surface area contributed by atoms with E-state index >= 15 is 0 Å². The number of aliphatic hydroxyl groups is 1. The fraction of sp³-hybridized carbons (Fsp3) is 0.238. The molecule has 31 heavy (non-hydrogen) atoms. The molecule has 1 aliphatic rings. The molecule has 0 saturated carbocycles. The van der Waals surface area contributed by atoms with Crippen LogP contribution in [0.4, 0.5) is 4.39 Å². The third-order valence-electron chi connectivity index (χ3n) is 4.78. The summed E-state index contributed by atoms with van der Waals surface area (Å²) in [5.74, 6) is -0.466. The molecule has 0 fully saturated rings. The van der Waals surface area contributed by atoms with Gasteiger partial charge in [-0.1, -0.05) is 39.8 Å². The maximum Gasteiger partial charge on any atom is 0.303 e. The molecule has 1 atom stereocenters. The molecule has 0 aliphatic carbocycles. The van der Waals surface area contributed by atoms with Gasteiger partial charge in [-0.3, -0.25) is 14.4 Å². The Balaban J connectivity index is 1.97. The lowest BCUT2D eigenvalue weighted by molar-refractivity contribution is -0.137. The number of benzene rings is 2. The van der Waals surface area contributed by atoms with Gasteiger partial charge in [-0.25, -0.2) is 4.39 Å². The summed E-state index contributed by atoms with van der Waals surface area (Å²) in [6.45, 7) is -0.0283. The number of halogens is 2. The van der Waals surface area contributed by atoms with Crippen LogP contribution in [-0.4, -0.2) is 49.0 Å². The molecular formula is C21H18BrFN4O3S. The van der Waals surface area contributed by atoms with Crippen molar-refractivity contribution >= 4 is 39.4 Å². The van der Waals surface area contributed by atoms with Crippen LogP contribution >= 0.6 is 27.7 Å². The minimum atomic E-state index is -0.951. The summed E-state index contributed by atoms with van der Waals surface area (Å²) in [5, 5.41) is 27.6. The molecule has 0 spiro atoms. The Labute approximate surface area is 190 Å². The van der Waals surface area contributed by atoms with Crippen LogP contribution in [0, 0.1) is 5.82 Å². The second-order valence-electron chi connectivity index (χ2n) is 6.82. The van der Waals surface area contributed by atoms with Gasteiger partial charge in [0, 0.05) is 27.8 Å². The highest BCUT2D eigenvalue weighted by atomic mass is 79.9.